The molecule has 1 aliphatic carbocycles. The molecule has 1 N–H and O–H groups in total. The summed E-state index contributed by atoms with van der Waals surface area (Å²) in [6.45, 7) is 3.46. The van der Waals surface area contributed by atoms with Crippen molar-refractivity contribution >= 4 is 27.5 Å². The Morgan fingerprint density at radius 3 is 2.00 bits per heavy atom. The second-order valence-corrected chi connectivity index (χ2v) is 15.2. The minimum atomic E-state index is -4.23. The number of aryl methyl sites for hydroxylation is 2. The van der Waals surface area contributed by atoms with Crippen LogP contribution in [0.3, 0.4) is 0 Å². The van der Waals surface area contributed by atoms with Gasteiger partial charge in [0, 0.05) is 19.0 Å². The number of hydrogen-bond donors (Lipinski definition) is 1. The van der Waals surface area contributed by atoms with Crippen LogP contribution < -0.4 is 14.4 Å². The number of benzene rings is 5. The molecular formula is C43H45N3O5S. The molecule has 268 valence electrons. The quantitative estimate of drug-likeness (QED) is 0.126. The van der Waals surface area contributed by atoms with Crippen LogP contribution in [0, 0.1) is 13.8 Å². The topological polar surface area (TPSA) is 96.0 Å². The molecule has 0 aliphatic heterocycles. The van der Waals surface area contributed by atoms with Gasteiger partial charge in [0.05, 0.1) is 10.6 Å². The third-order valence-electron chi connectivity index (χ3n) is 9.57. The van der Waals surface area contributed by atoms with Crippen molar-refractivity contribution in [3.63, 3.8) is 0 Å². The van der Waals surface area contributed by atoms with Crippen LogP contribution in [0.5, 0.6) is 11.5 Å². The predicted octanol–water partition coefficient (Wildman–Crippen LogP) is 7.99. The molecule has 2 amide bonds. The van der Waals surface area contributed by atoms with Gasteiger partial charge in [-0.1, -0.05) is 103 Å². The van der Waals surface area contributed by atoms with Crippen molar-refractivity contribution in [2.45, 2.75) is 69.5 Å². The largest absolute Gasteiger partial charge is 0.457 e. The number of nitrogens with zero attached hydrogens (tertiary/aromatic N) is 2. The summed E-state index contributed by atoms with van der Waals surface area (Å²) in [7, 11) is -4.23. The Kier molecular flexibility index (Phi) is 11.7. The third-order valence-corrected chi connectivity index (χ3v) is 11.4. The van der Waals surface area contributed by atoms with E-state index in [1.807, 2.05) is 98.8 Å². The molecule has 0 radical (unpaired) electrons. The van der Waals surface area contributed by atoms with Gasteiger partial charge < -0.3 is 15.0 Å². The molecule has 8 nitrogen and oxygen atoms in total. The third kappa shape index (κ3) is 9.08. The maximum absolute atomic E-state index is 14.9. The minimum absolute atomic E-state index is 0.0382. The molecule has 0 spiro atoms. The number of sulfonamides is 1. The zero-order valence-corrected chi connectivity index (χ0v) is 30.5. The molecule has 9 heteroatoms. The lowest BCUT2D eigenvalue weighted by atomic mass is 10.0. The lowest BCUT2D eigenvalue weighted by Crippen LogP contribution is -2.54. The number of anilines is 1. The Bertz CT molecular complexity index is 2050. The van der Waals surface area contributed by atoms with E-state index in [4.69, 9.17) is 4.74 Å². The maximum Gasteiger partial charge on any atom is 0.264 e. The first-order chi connectivity index (χ1) is 25.2. The summed E-state index contributed by atoms with van der Waals surface area (Å²) in [5, 5.41) is 3.23. The minimum Gasteiger partial charge on any atom is -0.457 e. The van der Waals surface area contributed by atoms with Crippen molar-refractivity contribution < 1.29 is 22.7 Å². The summed E-state index contributed by atoms with van der Waals surface area (Å²) in [6.07, 6.45) is 4.14. The van der Waals surface area contributed by atoms with Crippen molar-refractivity contribution in [1.29, 1.82) is 0 Å². The van der Waals surface area contributed by atoms with Gasteiger partial charge in [-0.25, -0.2) is 8.42 Å². The second-order valence-electron chi connectivity index (χ2n) is 13.4. The van der Waals surface area contributed by atoms with E-state index in [1.54, 1.807) is 53.4 Å². The van der Waals surface area contributed by atoms with Crippen LogP contribution >= 0.6 is 0 Å². The highest BCUT2D eigenvalue weighted by atomic mass is 32.2. The zero-order valence-electron chi connectivity index (χ0n) is 29.7. The van der Waals surface area contributed by atoms with Gasteiger partial charge in [-0.05, 0) is 91.9 Å². The van der Waals surface area contributed by atoms with E-state index in [1.165, 1.54) is 0 Å². The number of carbonyl (C=O) groups excluding carboxylic acids is 2. The summed E-state index contributed by atoms with van der Waals surface area (Å²) in [6, 6.07) is 39.0. The van der Waals surface area contributed by atoms with Crippen LogP contribution in [0.15, 0.2) is 138 Å². The van der Waals surface area contributed by atoms with E-state index in [0.717, 1.165) is 52.2 Å². The first-order valence-electron chi connectivity index (χ1n) is 17.8. The Balaban J connectivity index is 1.39. The highest BCUT2D eigenvalue weighted by Crippen LogP contribution is 2.29. The number of nitrogens with one attached hydrogen (secondary N) is 1. The van der Waals surface area contributed by atoms with Crippen LogP contribution in [-0.2, 0) is 32.6 Å². The number of amides is 2. The molecular weight excluding hydrogens is 671 g/mol. The lowest BCUT2D eigenvalue weighted by Gasteiger charge is -2.34. The Labute approximate surface area is 307 Å². The molecule has 6 rings (SSSR count). The van der Waals surface area contributed by atoms with E-state index in [2.05, 4.69) is 5.32 Å². The van der Waals surface area contributed by atoms with E-state index in [-0.39, 0.29) is 29.8 Å². The molecule has 52 heavy (non-hydrogen) atoms. The van der Waals surface area contributed by atoms with Gasteiger partial charge in [0.2, 0.25) is 11.8 Å². The summed E-state index contributed by atoms with van der Waals surface area (Å²) in [5.41, 5.74) is 3.94. The summed E-state index contributed by atoms with van der Waals surface area (Å²) in [4.78, 5) is 30.8. The van der Waals surface area contributed by atoms with E-state index < -0.39 is 28.5 Å². The average molecular weight is 716 g/mol. The monoisotopic (exact) mass is 715 g/mol. The molecule has 1 aliphatic rings. The normalized spacial score (nSPS) is 13.7. The molecule has 0 heterocycles. The summed E-state index contributed by atoms with van der Waals surface area (Å²) in [5.74, 6) is 0.419. The van der Waals surface area contributed by atoms with Crippen molar-refractivity contribution in [2.24, 2.45) is 0 Å². The van der Waals surface area contributed by atoms with Gasteiger partial charge in [0.15, 0.2) is 0 Å². The SMILES string of the molecule is Cc1ccc(S(=O)(=O)N(CC(=O)N(Cc2ccccc2C)[C@H](Cc2ccccc2)C(=O)NC2CCCC2)c2ccc(Oc3ccccc3)cc2)cc1. The fraction of sp³-hybridized carbons (Fsp3) is 0.256. The average Bonchev–Trinajstić information content (AvgIpc) is 3.67. The van der Waals surface area contributed by atoms with Crippen molar-refractivity contribution in [2.75, 3.05) is 10.8 Å². The predicted molar refractivity (Wildman–Crippen MR) is 205 cm³/mol. The lowest BCUT2D eigenvalue weighted by molar-refractivity contribution is -0.140. The zero-order chi connectivity index (χ0) is 36.5. The van der Waals surface area contributed by atoms with Gasteiger partial charge in [-0.3, -0.25) is 13.9 Å². The van der Waals surface area contributed by atoms with Crippen LogP contribution in [0.4, 0.5) is 5.69 Å². The molecule has 0 saturated heterocycles. The van der Waals surface area contributed by atoms with Crippen LogP contribution in [-0.4, -0.2) is 43.8 Å². The Hall–Kier alpha value is -5.41. The molecule has 5 aromatic rings. The highest BCUT2D eigenvalue weighted by molar-refractivity contribution is 7.92. The fourth-order valence-electron chi connectivity index (χ4n) is 6.56. The number of ether oxygens (including phenoxy) is 1. The van der Waals surface area contributed by atoms with E-state index in [0.29, 0.717) is 17.2 Å². The first-order valence-corrected chi connectivity index (χ1v) is 19.2. The van der Waals surface area contributed by atoms with Crippen molar-refractivity contribution in [1.82, 2.24) is 10.2 Å². The Morgan fingerprint density at radius 2 is 1.35 bits per heavy atom. The van der Waals surface area contributed by atoms with E-state index in [9.17, 15) is 18.0 Å². The van der Waals surface area contributed by atoms with Crippen LogP contribution in [0.1, 0.15) is 47.9 Å². The number of rotatable bonds is 14. The molecule has 1 saturated carbocycles. The maximum atomic E-state index is 14.9. The highest BCUT2D eigenvalue weighted by Gasteiger charge is 2.35. The standard InChI is InChI=1S/C43H45N3O5S/c1-32-21-27-40(28-22-32)52(49,50)46(37-23-25-39(26-24-37)51-38-19-7-4-8-20-38)31-42(47)45(30-35-16-10-9-13-33(35)2)41(29-34-14-5-3-6-15-34)43(48)44-36-17-11-12-18-36/h3-10,13-16,19-28,36,41H,11-12,17-18,29-31H2,1-2H3,(H,44,48)/t41-/m1/s1. The van der Waals surface area contributed by atoms with Crippen LogP contribution in [0.25, 0.3) is 0 Å². The summed E-state index contributed by atoms with van der Waals surface area (Å²) >= 11 is 0. The number of para-hydroxylation sites is 1. The van der Waals surface area contributed by atoms with Gasteiger partial charge in [0.25, 0.3) is 10.0 Å². The van der Waals surface area contributed by atoms with Gasteiger partial charge in [0.1, 0.15) is 24.1 Å². The number of carbonyl (C=O) groups is 2. The van der Waals surface area contributed by atoms with Gasteiger partial charge >= 0.3 is 0 Å². The molecule has 0 unspecified atom stereocenters. The molecule has 0 aromatic heterocycles. The molecule has 5 aromatic carbocycles. The fourth-order valence-corrected chi connectivity index (χ4v) is 7.98. The molecule has 0 bridgehead atoms. The first kappa shape index (κ1) is 36.4. The number of hydrogen-bond acceptors (Lipinski definition) is 5. The van der Waals surface area contributed by atoms with Crippen molar-refractivity contribution in [3.8, 4) is 11.5 Å². The second kappa shape index (κ2) is 16.7. The van der Waals surface area contributed by atoms with Gasteiger partial charge in [-0.2, -0.15) is 0 Å². The van der Waals surface area contributed by atoms with E-state index >= 15 is 0 Å². The summed E-state index contributed by atoms with van der Waals surface area (Å²) < 4.78 is 36.0. The van der Waals surface area contributed by atoms with Gasteiger partial charge in [-0.15, -0.1) is 0 Å². The van der Waals surface area contributed by atoms with Crippen molar-refractivity contribution in [3.05, 3.63) is 156 Å². The van der Waals surface area contributed by atoms with Crippen LogP contribution in [0.2, 0.25) is 0 Å². The smallest absolute Gasteiger partial charge is 0.264 e. The Morgan fingerprint density at radius 1 is 0.750 bits per heavy atom. The molecule has 1 fully saturated rings. The molecule has 1 atom stereocenters.